The lowest BCUT2D eigenvalue weighted by atomic mass is 10.3. The van der Waals surface area contributed by atoms with E-state index in [4.69, 9.17) is 5.73 Å². The molecule has 1 aliphatic rings. The van der Waals surface area contributed by atoms with Crippen LogP contribution >= 0.6 is 24.0 Å². The molecular weight excluding hydrogens is 355 g/mol. The van der Waals surface area contributed by atoms with Gasteiger partial charge in [-0.15, -0.1) is 24.0 Å². The van der Waals surface area contributed by atoms with E-state index in [9.17, 15) is 0 Å². The van der Waals surface area contributed by atoms with E-state index >= 15 is 0 Å². The number of anilines is 1. The summed E-state index contributed by atoms with van der Waals surface area (Å²) in [4.78, 5) is 15.1. The van der Waals surface area contributed by atoms with E-state index in [1.807, 2.05) is 13.0 Å². The third-order valence-corrected chi connectivity index (χ3v) is 2.98. The van der Waals surface area contributed by atoms with Crippen molar-refractivity contribution in [2.24, 2.45) is 10.7 Å². The second-order valence-corrected chi connectivity index (χ2v) is 4.46. The SMILES string of the molecule is CN=C(N)NCc1cc(C)nc(N2CCCC2)n1.I. The van der Waals surface area contributed by atoms with Crippen molar-refractivity contribution in [3.8, 4) is 0 Å². The normalized spacial score (nSPS) is 15.3. The van der Waals surface area contributed by atoms with Gasteiger partial charge in [-0.2, -0.15) is 0 Å². The highest BCUT2D eigenvalue weighted by Gasteiger charge is 2.15. The third-order valence-electron chi connectivity index (χ3n) is 2.98. The fourth-order valence-electron chi connectivity index (χ4n) is 2.03. The van der Waals surface area contributed by atoms with Gasteiger partial charge in [0.05, 0.1) is 12.2 Å². The first-order chi connectivity index (χ1) is 8.69. The summed E-state index contributed by atoms with van der Waals surface area (Å²) in [5, 5.41) is 3.01. The summed E-state index contributed by atoms with van der Waals surface area (Å²) in [6.45, 7) is 4.67. The van der Waals surface area contributed by atoms with Crippen molar-refractivity contribution >= 4 is 35.9 Å². The molecule has 0 radical (unpaired) electrons. The van der Waals surface area contributed by atoms with Crippen LogP contribution in [0.15, 0.2) is 11.1 Å². The van der Waals surface area contributed by atoms with E-state index < -0.39 is 0 Å². The van der Waals surface area contributed by atoms with E-state index in [2.05, 4.69) is 25.2 Å². The van der Waals surface area contributed by atoms with Crippen LogP contribution in [0.4, 0.5) is 5.95 Å². The predicted molar refractivity (Wildman–Crippen MR) is 88.0 cm³/mol. The quantitative estimate of drug-likeness (QED) is 0.468. The van der Waals surface area contributed by atoms with Crippen LogP contribution in [0.25, 0.3) is 0 Å². The maximum Gasteiger partial charge on any atom is 0.225 e. The van der Waals surface area contributed by atoms with Crippen LogP contribution < -0.4 is 16.0 Å². The van der Waals surface area contributed by atoms with Gasteiger partial charge in [0.25, 0.3) is 0 Å². The standard InChI is InChI=1S/C12H20N6.HI/c1-9-7-10(8-15-11(13)14-2)17-12(16-9)18-5-3-4-6-18;/h7H,3-6,8H2,1-2H3,(H3,13,14,15);1H. The molecule has 19 heavy (non-hydrogen) atoms. The van der Waals surface area contributed by atoms with Crippen LogP contribution in [-0.2, 0) is 6.54 Å². The van der Waals surface area contributed by atoms with E-state index in [1.54, 1.807) is 7.05 Å². The predicted octanol–water partition coefficient (Wildman–Crippen LogP) is 1.04. The number of nitrogens with zero attached hydrogens (tertiary/aromatic N) is 4. The molecule has 0 amide bonds. The highest BCUT2D eigenvalue weighted by Crippen LogP contribution is 2.16. The molecule has 3 N–H and O–H groups in total. The van der Waals surface area contributed by atoms with Crippen molar-refractivity contribution in [3.05, 3.63) is 17.5 Å². The first-order valence-corrected chi connectivity index (χ1v) is 6.24. The Morgan fingerprint density at radius 3 is 2.74 bits per heavy atom. The third kappa shape index (κ3) is 4.48. The number of nitrogens with two attached hydrogens (primary N) is 1. The van der Waals surface area contributed by atoms with Gasteiger partial charge in [-0.05, 0) is 25.8 Å². The summed E-state index contributed by atoms with van der Waals surface area (Å²) in [5.74, 6) is 1.25. The molecule has 0 aliphatic carbocycles. The van der Waals surface area contributed by atoms with Gasteiger partial charge in [0, 0.05) is 25.8 Å². The van der Waals surface area contributed by atoms with Crippen LogP contribution in [0, 0.1) is 6.92 Å². The Labute approximate surface area is 130 Å². The topological polar surface area (TPSA) is 79.4 Å². The first-order valence-electron chi connectivity index (χ1n) is 6.24. The Bertz CT molecular complexity index is 442. The second-order valence-electron chi connectivity index (χ2n) is 4.46. The fourth-order valence-corrected chi connectivity index (χ4v) is 2.03. The number of aryl methyl sites for hydroxylation is 1. The molecule has 1 saturated heterocycles. The molecule has 0 aromatic carbocycles. The molecule has 2 heterocycles. The van der Waals surface area contributed by atoms with E-state index in [1.165, 1.54) is 12.8 Å². The average molecular weight is 376 g/mol. The maximum atomic E-state index is 5.60. The van der Waals surface area contributed by atoms with Crippen molar-refractivity contribution in [2.45, 2.75) is 26.3 Å². The fraction of sp³-hybridized carbons (Fsp3) is 0.583. The molecule has 1 fully saturated rings. The molecule has 1 aliphatic heterocycles. The molecule has 0 atom stereocenters. The van der Waals surface area contributed by atoms with Gasteiger partial charge in [0.1, 0.15) is 0 Å². The zero-order valence-electron chi connectivity index (χ0n) is 11.4. The monoisotopic (exact) mass is 376 g/mol. The second kappa shape index (κ2) is 7.46. The molecule has 0 spiro atoms. The van der Waals surface area contributed by atoms with E-state index in [0.29, 0.717) is 12.5 Å². The number of aromatic nitrogens is 2. The Morgan fingerprint density at radius 1 is 1.42 bits per heavy atom. The summed E-state index contributed by atoms with van der Waals surface area (Å²) in [6.07, 6.45) is 2.45. The van der Waals surface area contributed by atoms with Gasteiger partial charge < -0.3 is 16.0 Å². The smallest absolute Gasteiger partial charge is 0.225 e. The van der Waals surface area contributed by atoms with E-state index in [0.717, 1.165) is 30.4 Å². The highest BCUT2D eigenvalue weighted by molar-refractivity contribution is 14.0. The number of hydrogen-bond acceptors (Lipinski definition) is 4. The Hall–Kier alpha value is -1.12. The molecular formula is C12H21IN6. The lowest BCUT2D eigenvalue weighted by molar-refractivity contribution is 0.819. The molecule has 0 bridgehead atoms. The summed E-state index contributed by atoms with van der Waals surface area (Å²) in [5.41, 5.74) is 7.53. The molecule has 7 heteroatoms. The largest absolute Gasteiger partial charge is 0.370 e. The van der Waals surface area contributed by atoms with E-state index in [-0.39, 0.29) is 24.0 Å². The molecule has 6 nitrogen and oxygen atoms in total. The highest BCUT2D eigenvalue weighted by atomic mass is 127. The zero-order valence-corrected chi connectivity index (χ0v) is 13.7. The molecule has 0 saturated carbocycles. The van der Waals surface area contributed by atoms with Crippen molar-refractivity contribution in [1.29, 1.82) is 0 Å². The minimum Gasteiger partial charge on any atom is -0.370 e. The molecule has 106 valence electrons. The summed E-state index contributed by atoms with van der Waals surface area (Å²) < 4.78 is 0. The zero-order chi connectivity index (χ0) is 13.0. The Balaban J connectivity index is 0.00000180. The lowest BCUT2D eigenvalue weighted by Crippen LogP contribution is -2.31. The number of halogens is 1. The van der Waals surface area contributed by atoms with Gasteiger partial charge >= 0.3 is 0 Å². The lowest BCUT2D eigenvalue weighted by Gasteiger charge is -2.16. The maximum absolute atomic E-state index is 5.60. The number of rotatable bonds is 3. The van der Waals surface area contributed by atoms with Crippen molar-refractivity contribution in [2.75, 3.05) is 25.0 Å². The van der Waals surface area contributed by atoms with Gasteiger partial charge in [0.2, 0.25) is 5.95 Å². The summed E-state index contributed by atoms with van der Waals surface area (Å²) in [7, 11) is 1.66. The molecule has 1 aromatic rings. The van der Waals surface area contributed by atoms with Crippen LogP contribution in [0.2, 0.25) is 0 Å². The number of hydrogen-bond donors (Lipinski definition) is 2. The Kier molecular flexibility index (Phi) is 6.26. The number of nitrogens with one attached hydrogen (secondary N) is 1. The van der Waals surface area contributed by atoms with Gasteiger partial charge in [-0.25, -0.2) is 9.97 Å². The van der Waals surface area contributed by atoms with Crippen molar-refractivity contribution in [1.82, 2.24) is 15.3 Å². The van der Waals surface area contributed by atoms with Crippen LogP contribution in [0.1, 0.15) is 24.2 Å². The van der Waals surface area contributed by atoms with Crippen LogP contribution in [0.3, 0.4) is 0 Å². The van der Waals surface area contributed by atoms with Crippen molar-refractivity contribution in [3.63, 3.8) is 0 Å². The van der Waals surface area contributed by atoms with Crippen molar-refractivity contribution < 1.29 is 0 Å². The minimum atomic E-state index is 0. The Morgan fingerprint density at radius 2 is 2.11 bits per heavy atom. The van der Waals surface area contributed by atoms with Gasteiger partial charge in [-0.3, -0.25) is 4.99 Å². The average Bonchev–Trinajstić information content (AvgIpc) is 2.89. The molecule has 1 aromatic heterocycles. The first kappa shape index (κ1) is 15.9. The summed E-state index contributed by atoms with van der Waals surface area (Å²) >= 11 is 0. The minimum absolute atomic E-state index is 0. The van der Waals surface area contributed by atoms with Crippen LogP contribution in [-0.4, -0.2) is 36.1 Å². The molecule has 0 unspecified atom stereocenters. The number of guanidine groups is 1. The summed E-state index contributed by atoms with van der Waals surface area (Å²) in [6, 6.07) is 1.97. The number of aliphatic imine (C=N–C) groups is 1. The molecule has 2 rings (SSSR count). The van der Waals surface area contributed by atoms with Gasteiger partial charge in [0.15, 0.2) is 5.96 Å². The van der Waals surface area contributed by atoms with Crippen LogP contribution in [0.5, 0.6) is 0 Å². The van der Waals surface area contributed by atoms with Gasteiger partial charge in [-0.1, -0.05) is 0 Å².